The highest BCUT2D eigenvalue weighted by atomic mass is 19.3. The van der Waals surface area contributed by atoms with Gasteiger partial charge in [0.25, 0.3) is 12.9 Å². The van der Waals surface area contributed by atoms with E-state index in [1.54, 1.807) is 0 Å². The summed E-state index contributed by atoms with van der Waals surface area (Å²) in [6.45, 7) is -0.936. The Morgan fingerprint density at radius 1 is 1.37 bits per heavy atom. The summed E-state index contributed by atoms with van der Waals surface area (Å²) in [7, 11) is 0. The zero-order chi connectivity index (χ0) is 14.4. The molecular formula is C10H10F4N2O3. The lowest BCUT2D eigenvalue weighted by molar-refractivity contribution is 0.0182. The van der Waals surface area contributed by atoms with Crippen molar-refractivity contribution in [3.63, 3.8) is 0 Å². The normalized spacial score (nSPS) is 11.3. The van der Waals surface area contributed by atoms with E-state index in [-0.39, 0.29) is 18.9 Å². The summed E-state index contributed by atoms with van der Waals surface area (Å²) >= 11 is 0. The van der Waals surface area contributed by atoms with E-state index >= 15 is 0 Å². The number of hydrogen-bond donors (Lipinski definition) is 1. The monoisotopic (exact) mass is 282 g/mol. The van der Waals surface area contributed by atoms with E-state index in [1.807, 2.05) is 0 Å². The molecule has 1 aromatic rings. The van der Waals surface area contributed by atoms with E-state index in [1.165, 1.54) is 0 Å². The number of nitrogens with zero attached hydrogens (tertiary/aromatic N) is 2. The first-order valence-electron chi connectivity index (χ1n) is 5.15. The van der Waals surface area contributed by atoms with Crippen LogP contribution in [0.3, 0.4) is 0 Å². The second kappa shape index (κ2) is 6.98. The molecule has 0 spiro atoms. The van der Waals surface area contributed by atoms with Crippen molar-refractivity contribution in [2.24, 2.45) is 0 Å². The third kappa shape index (κ3) is 4.78. The van der Waals surface area contributed by atoms with Crippen LogP contribution in [0.2, 0.25) is 0 Å². The van der Waals surface area contributed by atoms with Gasteiger partial charge in [-0.3, -0.25) is 0 Å². The van der Waals surface area contributed by atoms with Crippen molar-refractivity contribution in [1.29, 1.82) is 0 Å². The van der Waals surface area contributed by atoms with E-state index in [9.17, 15) is 22.4 Å². The third-order valence-corrected chi connectivity index (χ3v) is 2.02. The predicted octanol–water partition coefficient (Wildman–Crippen LogP) is 1.94. The molecule has 0 aromatic carbocycles. The summed E-state index contributed by atoms with van der Waals surface area (Å²) in [5, 5.41) is 8.66. The Bertz CT molecular complexity index is 443. The zero-order valence-electron chi connectivity index (χ0n) is 9.52. The third-order valence-electron chi connectivity index (χ3n) is 2.02. The van der Waals surface area contributed by atoms with Crippen LogP contribution in [0.1, 0.15) is 28.3 Å². The van der Waals surface area contributed by atoms with Crippen LogP contribution < -0.4 is 0 Å². The largest absolute Gasteiger partial charge is 0.478 e. The maximum atomic E-state index is 12.6. The van der Waals surface area contributed by atoms with Gasteiger partial charge >= 0.3 is 5.97 Å². The molecule has 19 heavy (non-hydrogen) atoms. The van der Waals surface area contributed by atoms with Crippen molar-refractivity contribution < 1.29 is 32.2 Å². The molecule has 0 atom stereocenters. The second-order valence-corrected chi connectivity index (χ2v) is 3.41. The van der Waals surface area contributed by atoms with Gasteiger partial charge in [0.1, 0.15) is 23.7 Å². The molecular weight excluding hydrogens is 272 g/mol. The van der Waals surface area contributed by atoms with Gasteiger partial charge in [0.2, 0.25) is 0 Å². The molecule has 5 nitrogen and oxygen atoms in total. The molecule has 0 saturated carbocycles. The summed E-state index contributed by atoms with van der Waals surface area (Å²) in [5.74, 6) is -1.65. The van der Waals surface area contributed by atoms with Crippen LogP contribution in [0, 0.1) is 0 Å². The number of aromatic carboxylic acids is 1. The van der Waals surface area contributed by atoms with Gasteiger partial charge in [-0.1, -0.05) is 0 Å². The van der Waals surface area contributed by atoms with Gasteiger partial charge < -0.3 is 9.84 Å². The molecule has 0 aliphatic carbocycles. The fourth-order valence-corrected chi connectivity index (χ4v) is 1.22. The zero-order valence-corrected chi connectivity index (χ0v) is 9.52. The molecule has 0 bridgehead atoms. The molecule has 9 heteroatoms. The SMILES string of the molecule is O=C(O)c1cnc(CCOCC(F)F)nc1C(F)F. The summed E-state index contributed by atoms with van der Waals surface area (Å²) in [4.78, 5) is 17.6. The molecule has 1 rings (SSSR count). The Labute approximate surface area is 105 Å². The van der Waals surface area contributed by atoms with Gasteiger partial charge in [-0.05, 0) is 0 Å². The molecule has 0 fully saturated rings. The minimum atomic E-state index is -3.06. The molecule has 1 aromatic heterocycles. The fraction of sp³-hybridized carbons (Fsp3) is 0.500. The lowest BCUT2D eigenvalue weighted by Gasteiger charge is -2.07. The Balaban J connectivity index is 2.70. The lowest BCUT2D eigenvalue weighted by atomic mass is 10.2. The van der Waals surface area contributed by atoms with Gasteiger partial charge in [-0.25, -0.2) is 32.3 Å². The number of aromatic nitrogens is 2. The molecule has 0 saturated heterocycles. The number of hydrogen-bond acceptors (Lipinski definition) is 4. The summed E-state index contributed by atoms with van der Waals surface area (Å²) in [6.07, 6.45) is -4.98. The standard InChI is InChI=1S/C10H10F4N2O3/c11-6(12)4-19-2-1-7-15-3-5(10(17)18)8(16-7)9(13)14/h3,6,9H,1-2,4H2,(H,17,18). The van der Waals surface area contributed by atoms with Gasteiger partial charge in [0.15, 0.2) is 0 Å². The number of ether oxygens (including phenoxy) is 1. The van der Waals surface area contributed by atoms with Gasteiger partial charge in [0, 0.05) is 12.6 Å². The minimum Gasteiger partial charge on any atom is -0.478 e. The number of carboxylic acids is 1. The van der Waals surface area contributed by atoms with Crippen molar-refractivity contribution in [1.82, 2.24) is 9.97 Å². The van der Waals surface area contributed by atoms with Crippen LogP contribution in [-0.2, 0) is 11.2 Å². The smallest absolute Gasteiger partial charge is 0.339 e. The van der Waals surface area contributed by atoms with Gasteiger partial charge in [0.05, 0.1) is 6.61 Å². The first kappa shape index (κ1) is 15.3. The van der Waals surface area contributed by atoms with E-state index in [2.05, 4.69) is 14.7 Å². The average Bonchev–Trinajstić information content (AvgIpc) is 2.33. The number of alkyl halides is 4. The first-order valence-corrected chi connectivity index (χ1v) is 5.15. The van der Waals surface area contributed by atoms with Crippen molar-refractivity contribution >= 4 is 5.97 Å². The highest BCUT2D eigenvalue weighted by Crippen LogP contribution is 2.20. The highest BCUT2D eigenvalue weighted by Gasteiger charge is 2.21. The van der Waals surface area contributed by atoms with E-state index < -0.39 is 36.7 Å². The van der Waals surface area contributed by atoms with Crippen LogP contribution in [-0.4, -0.2) is 40.7 Å². The van der Waals surface area contributed by atoms with Gasteiger partial charge in [-0.15, -0.1) is 0 Å². The molecule has 0 aliphatic heterocycles. The maximum absolute atomic E-state index is 12.6. The van der Waals surface area contributed by atoms with Crippen LogP contribution >= 0.6 is 0 Å². The molecule has 0 unspecified atom stereocenters. The van der Waals surface area contributed by atoms with Crippen LogP contribution in [0.4, 0.5) is 17.6 Å². The topological polar surface area (TPSA) is 72.3 Å². The summed E-state index contributed by atoms with van der Waals surface area (Å²) < 4.78 is 53.2. The second-order valence-electron chi connectivity index (χ2n) is 3.41. The van der Waals surface area contributed by atoms with E-state index in [0.717, 1.165) is 6.20 Å². The van der Waals surface area contributed by atoms with Crippen molar-refractivity contribution in [3.8, 4) is 0 Å². The highest BCUT2D eigenvalue weighted by molar-refractivity contribution is 5.88. The molecule has 1 heterocycles. The molecule has 0 radical (unpaired) electrons. The van der Waals surface area contributed by atoms with Crippen molar-refractivity contribution in [3.05, 3.63) is 23.3 Å². The minimum absolute atomic E-state index is 0.0632. The van der Waals surface area contributed by atoms with Crippen LogP contribution in [0.15, 0.2) is 6.20 Å². The first-order chi connectivity index (χ1) is 8.91. The van der Waals surface area contributed by atoms with Crippen LogP contribution in [0.25, 0.3) is 0 Å². The Hall–Kier alpha value is -1.77. The number of halogens is 4. The Morgan fingerprint density at radius 3 is 2.58 bits per heavy atom. The fourth-order valence-electron chi connectivity index (χ4n) is 1.22. The number of carbonyl (C=O) groups is 1. The Kier molecular flexibility index (Phi) is 5.61. The molecule has 106 valence electrons. The maximum Gasteiger partial charge on any atom is 0.339 e. The van der Waals surface area contributed by atoms with Crippen molar-refractivity contribution in [2.75, 3.05) is 13.2 Å². The molecule has 0 amide bonds. The Morgan fingerprint density at radius 2 is 2.05 bits per heavy atom. The summed E-state index contributed by atoms with van der Waals surface area (Å²) in [6, 6.07) is 0. The van der Waals surface area contributed by atoms with E-state index in [0.29, 0.717) is 0 Å². The number of carboxylic acid groups (broad SMARTS) is 1. The molecule has 0 aliphatic rings. The van der Waals surface area contributed by atoms with Gasteiger partial charge in [-0.2, -0.15) is 0 Å². The predicted molar refractivity (Wildman–Crippen MR) is 54.5 cm³/mol. The average molecular weight is 282 g/mol. The molecule has 1 N–H and O–H groups in total. The quantitative estimate of drug-likeness (QED) is 0.611. The number of rotatable bonds is 7. The summed E-state index contributed by atoms with van der Waals surface area (Å²) in [5.41, 5.74) is -1.58. The van der Waals surface area contributed by atoms with Crippen LogP contribution in [0.5, 0.6) is 0 Å². The lowest BCUT2D eigenvalue weighted by Crippen LogP contribution is -2.12. The van der Waals surface area contributed by atoms with E-state index in [4.69, 9.17) is 5.11 Å². The van der Waals surface area contributed by atoms with Crippen molar-refractivity contribution in [2.45, 2.75) is 19.3 Å².